The number of fused-ring (bicyclic) bond motifs is 3. The summed E-state index contributed by atoms with van der Waals surface area (Å²) in [5.74, 6) is 1.24. The quantitative estimate of drug-likeness (QED) is 0.519. The van der Waals surface area contributed by atoms with E-state index < -0.39 is 11.2 Å². The van der Waals surface area contributed by atoms with E-state index in [1.807, 2.05) is 36.6 Å². The van der Waals surface area contributed by atoms with Crippen LogP contribution in [0.4, 0.5) is 5.69 Å². The van der Waals surface area contributed by atoms with Crippen LogP contribution in [-0.2, 0) is 13.6 Å². The number of aryl methyl sites for hydroxylation is 2. The van der Waals surface area contributed by atoms with Crippen molar-refractivity contribution in [3.05, 3.63) is 55.4 Å². The molecule has 0 saturated heterocycles. The highest BCUT2D eigenvalue weighted by atomic mass is 35.5. The number of aromatic nitrogens is 5. The molecule has 29 heavy (non-hydrogen) atoms. The van der Waals surface area contributed by atoms with Gasteiger partial charge in [-0.2, -0.15) is 4.98 Å². The number of nitrogens with zero attached hydrogens (tertiary/aromatic N) is 4. The molecule has 0 spiro atoms. The van der Waals surface area contributed by atoms with Crippen molar-refractivity contribution in [2.75, 3.05) is 19.0 Å². The zero-order valence-electron chi connectivity index (χ0n) is 16.5. The molecule has 0 unspecified atom stereocenters. The molecule has 2 N–H and O–H groups in total. The summed E-state index contributed by atoms with van der Waals surface area (Å²) in [5.41, 5.74) is 2.58. The van der Waals surface area contributed by atoms with Crippen molar-refractivity contribution in [1.82, 2.24) is 23.5 Å². The zero-order valence-corrected chi connectivity index (χ0v) is 17.3. The largest absolute Gasteiger partial charge is 0.495 e. The van der Waals surface area contributed by atoms with E-state index in [2.05, 4.69) is 15.3 Å². The van der Waals surface area contributed by atoms with Crippen LogP contribution in [0, 0.1) is 13.8 Å². The predicted octanol–water partition coefficient (Wildman–Crippen LogP) is 2.07. The van der Waals surface area contributed by atoms with Crippen molar-refractivity contribution < 1.29 is 4.74 Å². The first-order chi connectivity index (χ1) is 13.8. The summed E-state index contributed by atoms with van der Waals surface area (Å²) in [7, 11) is 3.17. The van der Waals surface area contributed by atoms with Crippen LogP contribution in [0.25, 0.3) is 16.9 Å². The van der Waals surface area contributed by atoms with Crippen LogP contribution in [0.3, 0.4) is 0 Å². The lowest BCUT2D eigenvalue weighted by Crippen LogP contribution is -2.28. The number of hydrogen-bond acceptors (Lipinski definition) is 5. The van der Waals surface area contributed by atoms with Crippen LogP contribution >= 0.6 is 11.6 Å². The molecule has 0 bridgehead atoms. The fourth-order valence-electron chi connectivity index (χ4n) is 3.53. The summed E-state index contributed by atoms with van der Waals surface area (Å²) in [4.78, 5) is 31.2. The maximum absolute atomic E-state index is 12.4. The van der Waals surface area contributed by atoms with Crippen LogP contribution in [0.2, 0.25) is 5.02 Å². The molecule has 0 saturated carbocycles. The van der Waals surface area contributed by atoms with Gasteiger partial charge in [-0.1, -0.05) is 11.6 Å². The molecule has 0 radical (unpaired) electrons. The SMILES string of the molecule is COc1ccc(NCCn2c(C)c(C)n3c4c(=O)[nH]c(=O)n(C)c4nc23)cc1Cl. The number of rotatable bonds is 5. The van der Waals surface area contributed by atoms with Gasteiger partial charge in [-0.15, -0.1) is 0 Å². The number of halogens is 1. The molecule has 10 heteroatoms. The topological polar surface area (TPSA) is 98.4 Å². The highest BCUT2D eigenvalue weighted by Crippen LogP contribution is 2.27. The maximum atomic E-state index is 12.4. The number of anilines is 1. The molecular weight excluding hydrogens is 396 g/mol. The van der Waals surface area contributed by atoms with E-state index in [-0.39, 0.29) is 0 Å². The summed E-state index contributed by atoms with van der Waals surface area (Å²) in [6.45, 7) is 5.14. The Hall–Kier alpha value is -3.20. The van der Waals surface area contributed by atoms with Gasteiger partial charge in [0.1, 0.15) is 5.75 Å². The lowest BCUT2D eigenvalue weighted by Gasteiger charge is -2.10. The number of hydrogen-bond donors (Lipinski definition) is 2. The van der Waals surface area contributed by atoms with E-state index in [1.165, 1.54) is 4.57 Å². The van der Waals surface area contributed by atoms with E-state index >= 15 is 0 Å². The second-order valence-electron chi connectivity index (χ2n) is 6.84. The monoisotopic (exact) mass is 416 g/mol. The van der Waals surface area contributed by atoms with Crippen molar-refractivity contribution in [1.29, 1.82) is 0 Å². The first kappa shape index (κ1) is 19.1. The van der Waals surface area contributed by atoms with E-state index in [9.17, 15) is 9.59 Å². The van der Waals surface area contributed by atoms with Crippen molar-refractivity contribution in [2.24, 2.45) is 7.05 Å². The van der Waals surface area contributed by atoms with E-state index in [0.29, 0.717) is 40.8 Å². The van der Waals surface area contributed by atoms with Gasteiger partial charge in [-0.25, -0.2) is 4.79 Å². The smallest absolute Gasteiger partial charge is 0.329 e. The van der Waals surface area contributed by atoms with Gasteiger partial charge in [0, 0.05) is 37.2 Å². The maximum Gasteiger partial charge on any atom is 0.329 e. The van der Waals surface area contributed by atoms with Gasteiger partial charge >= 0.3 is 5.69 Å². The minimum Gasteiger partial charge on any atom is -0.495 e. The summed E-state index contributed by atoms with van der Waals surface area (Å²) >= 11 is 6.18. The fraction of sp³-hybridized carbons (Fsp3) is 0.316. The van der Waals surface area contributed by atoms with E-state index in [4.69, 9.17) is 16.3 Å². The summed E-state index contributed by atoms with van der Waals surface area (Å²) in [6.07, 6.45) is 0. The number of methoxy groups -OCH3 is 1. The van der Waals surface area contributed by atoms with E-state index in [1.54, 1.807) is 18.6 Å². The van der Waals surface area contributed by atoms with Crippen LogP contribution < -0.4 is 21.3 Å². The minimum absolute atomic E-state index is 0.362. The molecule has 152 valence electrons. The van der Waals surface area contributed by atoms with Gasteiger partial charge in [-0.05, 0) is 32.0 Å². The summed E-state index contributed by atoms with van der Waals surface area (Å²) in [5, 5.41) is 3.87. The van der Waals surface area contributed by atoms with Crippen LogP contribution in [-0.4, -0.2) is 37.2 Å². The second kappa shape index (κ2) is 7.00. The molecule has 0 amide bonds. The van der Waals surface area contributed by atoms with E-state index in [0.717, 1.165) is 17.1 Å². The first-order valence-electron chi connectivity index (χ1n) is 9.08. The van der Waals surface area contributed by atoms with Gasteiger partial charge in [0.15, 0.2) is 11.2 Å². The standard InChI is InChI=1S/C19H21ClN6O3/c1-10-11(2)26-15-16(24(3)19(28)23-17(15)27)22-18(26)25(10)8-7-21-12-5-6-14(29-4)13(20)9-12/h5-6,9,21H,7-8H2,1-4H3,(H,23,27,28). The van der Waals surface area contributed by atoms with Crippen molar-refractivity contribution in [3.8, 4) is 5.75 Å². The number of imidazole rings is 2. The Balaban J connectivity index is 1.70. The molecule has 0 atom stereocenters. The molecule has 3 heterocycles. The Bertz CT molecular complexity index is 1360. The number of ether oxygens (including phenoxy) is 1. The Labute approximate surface area is 170 Å². The molecule has 9 nitrogen and oxygen atoms in total. The van der Waals surface area contributed by atoms with Gasteiger partial charge in [0.25, 0.3) is 5.56 Å². The Morgan fingerprint density at radius 1 is 1.24 bits per heavy atom. The third-order valence-corrected chi connectivity index (χ3v) is 5.52. The molecule has 0 aliphatic rings. The Morgan fingerprint density at radius 3 is 2.69 bits per heavy atom. The van der Waals surface area contributed by atoms with Gasteiger partial charge in [-0.3, -0.25) is 18.7 Å². The predicted molar refractivity (Wildman–Crippen MR) is 113 cm³/mol. The minimum atomic E-state index is -0.484. The molecular formula is C19H21ClN6O3. The Morgan fingerprint density at radius 2 is 2.00 bits per heavy atom. The molecule has 4 rings (SSSR count). The molecule has 4 aromatic rings. The Kier molecular flexibility index (Phi) is 4.62. The number of H-pyrrole nitrogens is 1. The van der Waals surface area contributed by atoms with Gasteiger partial charge in [0.2, 0.25) is 5.78 Å². The molecule has 0 aliphatic heterocycles. The molecule has 0 aliphatic carbocycles. The van der Waals surface area contributed by atoms with Gasteiger partial charge < -0.3 is 14.6 Å². The van der Waals surface area contributed by atoms with Crippen LogP contribution in [0.15, 0.2) is 27.8 Å². The average molecular weight is 417 g/mol. The molecule has 1 aromatic carbocycles. The number of nitrogens with one attached hydrogen (secondary N) is 2. The lowest BCUT2D eigenvalue weighted by molar-refractivity contribution is 0.415. The molecule has 0 fully saturated rings. The second-order valence-corrected chi connectivity index (χ2v) is 7.24. The highest BCUT2D eigenvalue weighted by Gasteiger charge is 2.20. The summed E-state index contributed by atoms with van der Waals surface area (Å²) in [6, 6.07) is 5.51. The van der Waals surface area contributed by atoms with Crippen molar-refractivity contribution in [2.45, 2.75) is 20.4 Å². The normalized spacial score (nSPS) is 11.5. The summed E-state index contributed by atoms with van der Waals surface area (Å²) < 4.78 is 10.3. The zero-order chi connectivity index (χ0) is 20.9. The molecule has 3 aromatic heterocycles. The third kappa shape index (κ3) is 2.98. The first-order valence-corrected chi connectivity index (χ1v) is 9.46. The van der Waals surface area contributed by atoms with Crippen molar-refractivity contribution in [3.63, 3.8) is 0 Å². The average Bonchev–Trinajstić information content (AvgIpc) is 3.18. The highest BCUT2D eigenvalue weighted by molar-refractivity contribution is 6.32. The van der Waals surface area contributed by atoms with Gasteiger partial charge in [0.05, 0.1) is 12.1 Å². The van der Waals surface area contributed by atoms with Crippen LogP contribution in [0.5, 0.6) is 5.75 Å². The third-order valence-electron chi connectivity index (χ3n) is 5.22. The van der Waals surface area contributed by atoms with Crippen LogP contribution in [0.1, 0.15) is 11.4 Å². The lowest BCUT2D eigenvalue weighted by atomic mass is 10.3. The van der Waals surface area contributed by atoms with Crippen molar-refractivity contribution >= 4 is 34.2 Å². The fourth-order valence-corrected chi connectivity index (χ4v) is 3.79. The number of aromatic amines is 1. The number of benzene rings is 1.